The zero-order valence-electron chi connectivity index (χ0n) is 17.9. The summed E-state index contributed by atoms with van der Waals surface area (Å²) in [5.41, 5.74) is 0. The smallest absolute Gasteiger partial charge is 0.251 e. The Hall–Kier alpha value is -2.10. The fraction of sp³-hybridized carbons (Fsp3) is 0.522. The Labute approximate surface area is 187 Å². The summed E-state index contributed by atoms with van der Waals surface area (Å²) in [5.74, 6) is -0.280. The van der Waals surface area contributed by atoms with Gasteiger partial charge in [-0.2, -0.15) is 4.31 Å². The number of carbonyl (C=O) groups is 1. The maximum absolute atomic E-state index is 13.1. The molecule has 2 fully saturated rings. The average Bonchev–Trinajstić information content (AvgIpc) is 2.79. The summed E-state index contributed by atoms with van der Waals surface area (Å²) in [6.45, 7) is 1.50. The molecule has 0 aliphatic carbocycles. The third-order valence-corrected chi connectivity index (χ3v) is 8.41. The molecule has 0 bridgehead atoms. The molecule has 4 rings (SSSR count). The first kappa shape index (κ1) is 23.1. The van der Waals surface area contributed by atoms with Crippen LogP contribution in [0.15, 0.2) is 47.4 Å². The van der Waals surface area contributed by atoms with Gasteiger partial charge in [0.15, 0.2) is 0 Å². The minimum Gasteiger partial charge on any atom is -0.353 e. The number of fused-ring (bicyclic) bond motifs is 1. The fourth-order valence-electron chi connectivity index (χ4n) is 4.61. The first-order chi connectivity index (χ1) is 15.3. The molecule has 1 amide bonds. The standard InChI is InChI=1S/C23H29F2N3O3S/c24-22(25)16-27-11-9-20(10-12-27)26-23(29)18-7-13-28(14-8-18)32(30,31)21-6-5-17-3-1-2-4-19(17)15-21/h1-6,15,18,20,22H,7-14,16H2,(H,26,29). The lowest BCUT2D eigenvalue weighted by molar-refractivity contribution is -0.127. The van der Waals surface area contributed by atoms with E-state index in [1.807, 2.05) is 30.3 Å². The Morgan fingerprint density at radius 2 is 1.62 bits per heavy atom. The first-order valence-electron chi connectivity index (χ1n) is 11.1. The number of rotatable bonds is 6. The Kier molecular flexibility index (Phi) is 7.07. The molecule has 2 aliphatic heterocycles. The van der Waals surface area contributed by atoms with Gasteiger partial charge in [-0.3, -0.25) is 9.69 Å². The maximum atomic E-state index is 13.1. The molecule has 6 nitrogen and oxygen atoms in total. The van der Waals surface area contributed by atoms with E-state index in [0.717, 1.165) is 10.8 Å². The highest BCUT2D eigenvalue weighted by molar-refractivity contribution is 7.89. The molecular formula is C23H29F2N3O3S. The van der Waals surface area contributed by atoms with Crippen molar-refractivity contribution in [3.05, 3.63) is 42.5 Å². The first-order valence-corrected chi connectivity index (χ1v) is 12.6. The van der Waals surface area contributed by atoms with Crippen molar-refractivity contribution in [3.8, 4) is 0 Å². The van der Waals surface area contributed by atoms with Crippen LogP contribution in [-0.4, -0.2) is 68.7 Å². The molecule has 0 spiro atoms. The molecule has 2 aromatic rings. The molecule has 2 saturated heterocycles. The SMILES string of the molecule is O=C(NC1CCN(CC(F)F)CC1)C1CCN(S(=O)(=O)c2ccc3ccccc3c2)CC1. The molecule has 1 N–H and O–H groups in total. The number of likely N-dealkylation sites (tertiary alicyclic amines) is 1. The van der Waals surface area contributed by atoms with Crippen molar-refractivity contribution in [2.75, 3.05) is 32.7 Å². The van der Waals surface area contributed by atoms with Gasteiger partial charge in [0.2, 0.25) is 15.9 Å². The van der Waals surface area contributed by atoms with Gasteiger partial charge in [-0.15, -0.1) is 0 Å². The normalized spacial score (nSPS) is 20.1. The lowest BCUT2D eigenvalue weighted by atomic mass is 9.96. The van der Waals surface area contributed by atoms with Crippen LogP contribution >= 0.6 is 0 Å². The molecule has 0 unspecified atom stereocenters. The van der Waals surface area contributed by atoms with Gasteiger partial charge in [0, 0.05) is 38.1 Å². The number of hydrogen-bond acceptors (Lipinski definition) is 4. The van der Waals surface area contributed by atoms with E-state index in [9.17, 15) is 22.0 Å². The summed E-state index contributed by atoms with van der Waals surface area (Å²) in [7, 11) is -3.61. The van der Waals surface area contributed by atoms with Gasteiger partial charge in [-0.1, -0.05) is 30.3 Å². The zero-order valence-corrected chi connectivity index (χ0v) is 18.7. The largest absolute Gasteiger partial charge is 0.353 e. The van der Waals surface area contributed by atoms with E-state index in [1.54, 1.807) is 17.0 Å². The molecule has 174 valence electrons. The maximum Gasteiger partial charge on any atom is 0.251 e. The topological polar surface area (TPSA) is 69.7 Å². The fourth-order valence-corrected chi connectivity index (χ4v) is 6.11. The predicted octanol–water partition coefficient (Wildman–Crippen LogP) is 3.09. The molecule has 2 aromatic carbocycles. The van der Waals surface area contributed by atoms with Crippen molar-refractivity contribution in [1.82, 2.24) is 14.5 Å². The van der Waals surface area contributed by atoms with Crippen LogP contribution in [0, 0.1) is 5.92 Å². The molecule has 32 heavy (non-hydrogen) atoms. The van der Waals surface area contributed by atoms with E-state index >= 15 is 0 Å². The predicted molar refractivity (Wildman–Crippen MR) is 119 cm³/mol. The van der Waals surface area contributed by atoms with Crippen molar-refractivity contribution in [3.63, 3.8) is 0 Å². The van der Waals surface area contributed by atoms with Gasteiger partial charge in [0.25, 0.3) is 6.43 Å². The number of sulfonamides is 1. The Morgan fingerprint density at radius 1 is 0.969 bits per heavy atom. The van der Waals surface area contributed by atoms with Crippen LogP contribution in [0.4, 0.5) is 8.78 Å². The second-order valence-corrected chi connectivity index (χ2v) is 10.6. The quantitative estimate of drug-likeness (QED) is 0.712. The lowest BCUT2D eigenvalue weighted by Gasteiger charge is -2.34. The van der Waals surface area contributed by atoms with Crippen LogP contribution in [0.25, 0.3) is 10.8 Å². The molecule has 0 saturated carbocycles. The minimum absolute atomic E-state index is 0.00390. The number of amides is 1. The number of piperidine rings is 2. The highest BCUT2D eigenvalue weighted by Gasteiger charge is 2.33. The summed E-state index contributed by atoms with van der Waals surface area (Å²) >= 11 is 0. The van der Waals surface area contributed by atoms with Crippen LogP contribution in [-0.2, 0) is 14.8 Å². The number of benzene rings is 2. The Balaban J connectivity index is 1.30. The summed E-state index contributed by atoms with van der Waals surface area (Å²) in [6.07, 6.45) is -0.0650. The van der Waals surface area contributed by atoms with E-state index in [0.29, 0.717) is 51.9 Å². The van der Waals surface area contributed by atoms with Crippen molar-refractivity contribution in [1.29, 1.82) is 0 Å². The molecule has 0 atom stereocenters. The number of nitrogens with one attached hydrogen (secondary N) is 1. The second kappa shape index (κ2) is 9.80. The highest BCUT2D eigenvalue weighted by atomic mass is 32.2. The number of carbonyl (C=O) groups excluding carboxylic acids is 1. The van der Waals surface area contributed by atoms with Gasteiger partial charge >= 0.3 is 0 Å². The third-order valence-electron chi connectivity index (χ3n) is 6.51. The van der Waals surface area contributed by atoms with Crippen molar-refractivity contribution >= 4 is 26.7 Å². The van der Waals surface area contributed by atoms with Crippen LogP contribution in [0.1, 0.15) is 25.7 Å². The monoisotopic (exact) mass is 465 g/mol. The third kappa shape index (κ3) is 5.27. The van der Waals surface area contributed by atoms with E-state index in [-0.39, 0.29) is 29.3 Å². The van der Waals surface area contributed by atoms with Crippen molar-refractivity contribution in [2.45, 2.75) is 43.0 Å². The summed E-state index contributed by atoms with van der Waals surface area (Å²) in [6, 6.07) is 12.8. The summed E-state index contributed by atoms with van der Waals surface area (Å²) in [4.78, 5) is 14.7. The second-order valence-electron chi connectivity index (χ2n) is 8.66. The molecule has 2 aliphatic rings. The number of hydrogen-bond donors (Lipinski definition) is 1. The van der Waals surface area contributed by atoms with E-state index in [4.69, 9.17) is 0 Å². The van der Waals surface area contributed by atoms with Gasteiger partial charge in [0.05, 0.1) is 11.4 Å². The van der Waals surface area contributed by atoms with Crippen molar-refractivity contribution < 1.29 is 22.0 Å². The van der Waals surface area contributed by atoms with Gasteiger partial charge in [-0.25, -0.2) is 17.2 Å². The molecule has 0 aromatic heterocycles. The molecule has 9 heteroatoms. The zero-order chi connectivity index (χ0) is 22.7. The van der Waals surface area contributed by atoms with E-state index in [2.05, 4.69) is 5.32 Å². The van der Waals surface area contributed by atoms with E-state index < -0.39 is 16.4 Å². The Bertz CT molecular complexity index is 1050. The minimum atomic E-state index is -3.61. The molecular weight excluding hydrogens is 436 g/mol. The van der Waals surface area contributed by atoms with Gasteiger partial charge in [0.1, 0.15) is 0 Å². The number of alkyl halides is 2. The van der Waals surface area contributed by atoms with Gasteiger partial charge < -0.3 is 5.32 Å². The van der Waals surface area contributed by atoms with Crippen LogP contribution in [0.3, 0.4) is 0 Å². The van der Waals surface area contributed by atoms with Crippen LogP contribution < -0.4 is 5.32 Å². The highest BCUT2D eigenvalue weighted by Crippen LogP contribution is 2.26. The van der Waals surface area contributed by atoms with Crippen LogP contribution in [0.5, 0.6) is 0 Å². The summed E-state index contributed by atoms with van der Waals surface area (Å²) < 4.78 is 52.7. The number of halogens is 2. The molecule has 0 radical (unpaired) electrons. The Morgan fingerprint density at radius 3 is 2.28 bits per heavy atom. The average molecular weight is 466 g/mol. The summed E-state index contributed by atoms with van der Waals surface area (Å²) in [5, 5.41) is 4.91. The van der Waals surface area contributed by atoms with Crippen LogP contribution in [0.2, 0.25) is 0 Å². The van der Waals surface area contributed by atoms with E-state index in [1.165, 1.54) is 4.31 Å². The molecule has 2 heterocycles. The lowest BCUT2D eigenvalue weighted by Crippen LogP contribution is -2.49. The van der Waals surface area contributed by atoms with Gasteiger partial charge in [-0.05, 0) is 48.6 Å². The number of nitrogens with zero attached hydrogens (tertiary/aromatic N) is 2. The van der Waals surface area contributed by atoms with Crippen molar-refractivity contribution in [2.24, 2.45) is 5.92 Å².